The summed E-state index contributed by atoms with van der Waals surface area (Å²) in [5, 5.41) is 11.3. The van der Waals surface area contributed by atoms with Crippen molar-refractivity contribution in [3.63, 3.8) is 0 Å². The topological polar surface area (TPSA) is 79.2 Å². The Morgan fingerprint density at radius 2 is 1.96 bits per heavy atom. The summed E-state index contributed by atoms with van der Waals surface area (Å²) in [5.74, 6) is -1.63. The van der Waals surface area contributed by atoms with Crippen molar-refractivity contribution in [3.8, 4) is 6.07 Å². The van der Waals surface area contributed by atoms with E-state index in [1.165, 1.54) is 31.2 Å². The highest BCUT2D eigenvalue weighted by Crippen LogP contribution is 2.10. The third-order valence-corrected chi connectivity index (χ3v) is 3.20. The number of amides is 1. The zero-order chi connectivity index (χ0) is 18.2. The molecular formula is C19H15FN2O3. The molecule has 0 aliphatic heterocycles. The van der Waals surface area contributed by atoms with Crippen molar-refractivity contribution in [2.75, 3.05) is 5.32 Å². The van der Waals surface area contributed by atoms with Gasteiger partial charge in [0.2, 0.25) is 0 Å². The molecular weight excluding hydrogens is 323 g/mol. The number of rotatable bonds is 5. The lowest BCUT2D eigenvalue weighted by Crippen LogP contribution is -2.29. The maximum atomic E-state index is 13.0. The first-order valence-electron chi connectivity index (χ1n) is 7.43. The molecule has 1 N–H and O–H groups in total. The van der Waals surface area contributed by atoms with Gasteiger partial charge in [-0.25, -0.2) is 9.18 Å². The Labute approximate surface area is 144 Å². The molecule has 0 heterocycles. The van der Waals surface area contributed by atoms with Crippen LogP contribution in [0, 0.1) is 17.1 Å². The predicted molar refractivity (Wildman–Crippen MR) is 90.8 cm³/mol. The van der Waals surface area contributed by atoms with E-state index >= 15 is 0 Å². The molecule has 2 aromatic rings. The molecule has 0 fully saturated rings. The summed E-state index contributed by atoms with van der Waals surface area (Å²) in [6.07, 6.45) is 1.51. The minimum atomic E-state index is -1.01. The van der Waals surface area contributed by atoms with Gasteiger partial charge in [0.1, 0.15) is 5.82 Å². The molecule has 2 rings (SSSR count). The molecule has 0 aromatic heterocycles. The molecule has 0 radical (unpaired) electrons. The minimum absolute atomic E-state index is 0.411. The molecule has 6 heteroatoms. The summed E-state index contributed by atoms with van der Waals surface area (Å²) in [7, 11) is 0. The van der Waals surface area contributed by atoms with Crippen molar-refractivity contribution in [3.05, 3.63) is 71.6 Å². The van der Waals surface area contributed by atoms with Crippen LogP contribution in [0.3, 0.4) is 0 Å². The molecule has 2 aromatic carbocycles. The van der Waals surface area contributed by atoms with Crippen LogP contribution in [0.5, 0.6) is 0 Å². The monoisotopic (exact) mass is 338 g/mol. The smallest absolute Gasteiger partial charge is 0.331 e. The zero-order valence-electron chi connectivity index (χ0n) is 13.4. The highest BCUT2D eigenvalue weighted by molar-refractivity contribution is 5.96. The molecule has 0 spiro atoms. The summed E-state index contributed by atoms with van der Waals surface area (Å²) >= 11 is 0. The minimum Gasteiger partial charge on any atom is -0.449 e. The molecule has 1 atom stereocenters. The molecule has 0 unspecified atom stereocenters. The lowest BCUT2D eigenvalue weighted by Gasteiger charge is -2.12. The maximum Gasteiger partial charge on any atom is 0.331 e. The van der Waals surface area contributed by atoms with Crippen LogP contribution in [0.1, 0.15) is 18.1 Å². The first-order chi connectivity index (χ1) is 12.0. The number of carbonyl (C=O) groups is 2. The van der Waals surface area contributed by atoms with E-state index in [0.717, 1.165) is 6.08 Å². The number of esters is 1. The number of nitriles is 1. The number of hydrogen-bond donors (Lipinski definition) is 1. The van der Waals surface area contributed by atoms with Crippen LogP contribution in [-0.2, 0) is 14.3 Å². The van der Waals surface area contributed by atoms with E-state index in [0.29, 0.717) is 16.8 Å². The Bertz CT molecular complexity index is 838. The van der Waals surface area contributed by atoms with Crippen LogP contribution in [0.2, 0.25) is 0 Å². The largest absolute Gasteiger partial charge is 0.449 e. The number of benzene rings is 2. The highest BCUT2D eigenvalue weighted by Gasteiger charge is 2.16. The first-order valence-corrected chi connectivity index (χ1v) is 7.43. The average molecular weight is 338 g/mol. The fourth-order valence-corrected chi connectivity index (χ4v) is 1.91. The predicted octanol–water partition coefficient (Wildman–Crippen LogP) is 3.28. The number of ether oxygens (including phenoxy) is 1. The molecule has 0 saturated carbocycles. The zero-order valence-corrected chi connectivity index (χ0v) is 13.4. The lowest BCUT2D eigenvalue weighted by molar-refractivity contribution is -0.148. The van der Waals surface area contributed by atoms with Crippen molar-refractivity contribution in [2.24, 2.45) is 0 Å². The van der Waals surface area contributed by atoms with Crippen LogP contribution in [0.15, 0.2) is 54.6 Å². The molecule has 5 nitrogen and oxygen atoms in total. The third-order valence-electron chi connectivity index (χ3n) is 3.20. The van der Waals surface area contributed by atoms with Gasteiger partial charge in [0.05, 0.1) is 11.6 Å². The van der Waals surface area contributed by atoms with Gasteiger partial charge in [-0.05, 0) is 55.0 Å². The molecule has 0 aliphatic rings. The molecule has 1 amide bonds. The maximum absolute atomic E-state index is 13.0. The second-order valence-electron chi connectivity index (χ2n) is 5.15. The van der Waals surface area contributed by atoms with Gasteiger partial charge >= 0.3 is 5.97 Å². The fourth-order valence-electron chi connectivity index (χ4n) is 1.91. The van der Waals surface area contributed by atoms with E-state index in [1.807, 2.05) is 6.07 Å². The quantitative estimate of drug-likeness (QED) is 0.670. The van der Waals surface area contributed by atoms with E-state index in [9.17, 15) is 14.0 Å². The SMILES string of the molecule is C[C@H](OC(=O)/C=C/c1cccc(F)c1)C(=O)Nc1ccc(C#N)cc1. The van der Waals surface area contributed by atoms with E-state index in [-0.39, 0.29) is 0 Å². The Morgan fingerprint density at radius 1 is 1.24 bits per heavy atom. The Hall–Kier alpha value is -3.46. The van der Waals surface area contributed by atoms with Gasteiger partial charge in [0.15, 0.2) is 6.10 Å². The Morgan fingerprint density at radius 3 is 2.60 bits per heavy atom. The van der Waals surface area contributed by atoms with E-state index < -0.39 is 23.8 Å². The van der Waals surface area contributed by atoms with Gasteiger partial charge in [0.25, 0.3) is 5.91 Å². The van der Waals surface area contributed by atoms with Crippen molar-refractivity contribution in [2.45, 2.75) is 13.0 Å². The number of hydrogen-bond acceptors (Lipinski definition) is 4. The molecule has 0 aliphatic carbocycles. The summed E-state index contributed by atoms with van der Waals surface area (Å²) in [5.41, 5.74) is 1.47. The Balaban J connectivity index is 1.89. The van der Waals surface area contributed by atoms with E-state index in [4.69, 9.17) is 10.00 Å². The Kier molecular flexibility index (Phi) is 6.02. The second-order valence-corrected chi connectivity index (χ2v) is 5.15. The number of nitrogens with one attached hydrogen (secondary N) is 1. The highest BCUT2D eigenvalue weighted by atomic mass is 19.1. The lowest BCUT2D eigenvalue weighted by atomic mass is 10.2. The van der Waals surface area contributed by atoms with Crippen molar-refractivity contribution >= 4 is 23.6 Å². The summed E-state index contributed by atoms with van der Waals surface area (Å²) in [6, 6.07) is 14.0. The molecule has 126 valence electrons. The van der Waals surface area contributed by atoms with Crippen LogP contribution in [-0.4, -0.2) is 18.0 Å². The van der Waals surface area contributed by atoms with Gasteiger partial charge in [0, 0.05) is 11.8 Å². The average Bonchev–Trinajstić information content (AvgIpc) is 2.60. The van der Waals surface area contributed by atoms with Crippen LogP contribution in [0.4, 0.5) is 10.1 Å². The number of halogens is 1. The summed E-state index contributed by atoms with van der Waals surface area (Å²) in [6.45, 7) is 1.44. The standard InChI is InChI=1S/C19H15FN2O3/c1-13(19(24)22-17-8-5-15(12-21)6-9-17)25-18(23)10-7-14-3-2-4-16(20)11-14/h2-11,13H,1H3,(H,22,24)/b10-7+/t13-/m0/s1. The van der Waals surface area contributed by atoms with E-state index in [2.05, 4.69) is 5.32 Å². The second kappa shape index (κ2) is 8.41. The van der Waals surface area contributed by atoms with Crippen molar-refractivity contribution < 1.29 is 18.7 Å². The summed E-state index contributed by atoms with van der Waals surface area (Å²) < 4.78 is 18.0. The number of anilines is 1. The fraction of sp³-hybridized carbons (Fsp3) is 0.105. The number of nitrogens with zero attached hydrogens (tertiary/aromatic N) is 1. The van der Waals surface area contributed by atoms with Crippen LogP contribution < -0.4 is 5.32 Å². The van der Waals surface area contributed by atoms with Gasteiger partial charge in [-0.3, -0.25) is 4.79 Å². The van der Waals surface area contributed by atoms with Crippen LogP contribution in [0.25, 0.3) is 6.08 Å². The normalized spacial score (nSPS) is 11.6. The van der Waals surface area contributed by atoms with Crippen molar-refractivity contribution in [1.82, 2.24) is 0 Å². The van der Waals surface area contributed by atoms with Gasteiger partial charge in [-0.2, -0.15) is 5.26 Å². The first kappa shape index (κ1) is 17.9. The van der Waals surface area contributed by atoms with Crippen molar-refractivity contribution in [1.29, 1.82) is 5.26 Å². The summed E-state index contributed by atoms with van der Waals surface area (Å²) in [4.78, 5) is 23.7. The van der Waals surface area contributed by atoms with Gasteiger partial charge in [-0.15, -0.1) is 0 Å². The van der Waals surface area contributed by atoms with Gasteiger partial charge < -0.3 is 10.1 Å². The third kappa shape index (κ3) is 5.59. The van der Waals surface area contributed by atoms with Gasteiger partial charge in [-0.1, -0.05) is 12.1 Å². The van der Waals surface area contributed by atoms with Crippen LogP contribution >= 0.6 is 0 Å². The molecule has 0 bridgehead atoms. The molecule has 0 saturated heterocycles. The number of carbonyl (C=O) groups excluding carboxylic acids is 2. The molecule has 25 heavy (non-hydrogen) atoms. The van der Waals surface area contributed by atoms with E-state index in [1.54, 1.807) is 30.3 Å².